The van der Waals surface area contributed by atoms with Gasteiger partial charge >= 0.3 is 6.03 Å². The SMILES string of the molecule is COc1cc(/C=C2\C(=O)NC(=O)N(c3cc(C)ccc3C)C2=O)cc(I)c1OCc1ccccc1. The van der Waals surface area contributed by atoms with E-state index in [4.69, 9.17) is 9.47 Å². The molecule has 35 heavy (non-hydrogen) atoms. The molecule has 0 unspecified atom stereocenters. The van der Waals surface area contributed by atoms with Crippen LogP contribution in [0.4, 0.5) is 10.5 Å². The topological polar surface area (TPSA) is 84.9 Å². The molecule has 0 radical (unpaired) electrons. The fourth-order valence-electron chi connectivity index (χ4n) is 3.70. The smallest absolute Gasteiger partial charge is 0.335 e. The molecule has 7 nitrogen and oxygen atoms in total. The number of aryl methyl sites for hydroxylation is 2. The molecule has 1 heterocycles. The summed E-state index contributed by atoms with van der Waals surface area (Å²) in [7, 11) is 1.52. The van der Waals surface area contributed by atoms with Gasteiger partial charge in [-0.2, -0.15) is 0 Å². The fourth-order valence-corrected chi connectivity index (χ4v) is 4.48. The molecule has 0 aliphatic carbocycles. The Labute approximate surface area is 216 Å². The minimum absolute atomic E-state index is 0.152. The Morgan fingerprint density at radius 2 is 1.74 bits per heavy atom. The Kier molecular flexibility index (Phi) is 7.20. The van der Waals surface area contributed by atoms with E-state index < -0.39 is 17.8 Å². The van der Waals surface area contributed by atoms with Crippen molar-refractivity contribution >= 4 is 52.2 Å². The summed E-state index contributed by atoms with van der Waals surface area (Å²) >= 11 is 2.12. The Morgan fingerprint density at radius 1 is 1.00 bits per heavy atom. The van der Waals surface area contributed by atoms with Gasteiger partial charge in [-0.3, -0.25) is 14.9 Å². The molecule has 178 valence electrons. The highest BCUT2D eigenvalue weighted by Crippen LogP contribution is 2.35. The Bertz CT molecular complexity index is 1350. The van der Waals surface area contributed by atoms with Crippen molar-refractivity contribution in [3.8, 4) is 11.5 Å². The quantitative estimate of drug-likeness (QED) is 0.247. The fraction of sp³-hybridized carbons (Fsp3) is 0.148. The second-order valence-electron chi connectivity index (χ2n) is 8.06. The van der Waals surface area contributed by atoms with Gasteiger partial charge in [-0.25, -0.2) is 9.69 Å². The predicted molar refractivity (Wildman–Crippen MR) is 141 cm³/mol. The van der Waals surface area contributed by atoms with E-state index in [1.165, 1.54) is 13.2 Å². The third-order valence-corrected chi connectivity index (χ3v) is 6.30. The third-order valence-electron chi connectivity index (χ3n) is 5.50. The minimum atomic E-state index is -0.775. The number of carbonyl (C=O) groups excluding carboxylic acids is 3. The van der Waals surface area contributed by atoms with Crippen LogP contribution in [-0.4, -0.2) is 25.0 Å². The van der Waals surface area contributed by atoms with Crippen molar-refractivity contribution in [1.82, 2.24) is 5.32 Å². The first-order valence-electron chi connectivity index (χ1n) is 10.8. The van der Waals surface area contributed by atoms with E-state index in [-0.39, 0.29) is 5.57 Å². The van der Waals surface area contributed by atoms with E-state index in [0.29, 0.717) is 29.4 Å². The van der Waals surface area contributed by atoms with Crippen molar-refractivity contribution in [3.63, 3.8) is 0 Å². The molecule has 0 bridgehead atoms. The van der Waals surface area contributed by atoms with Crippen LogP contribution in [0.5, 0.6) is 11.5 Å². The molecule has 1 aliphatic heterocycles. The summed E-state index contributed by atoms with van der Waals surface area (Å²) < 4.78 is 12.3. The van der Waals surface area contributed by atoms with E-state index >= 15 is 0 Å². The summed E-state index contributed by atoms with van der Waals surface area (Å²) in [4.78, 5) is 39.5. The van der Waals surface area contributed by atoms with Gasteiger partial charge in [-0.15, -0.1) is 0 Å². The zero-order chi connectivity index (χ0) is 25.1. The van der Waals surface area contributed by atoms with Crippen molar-refractivity contribution < 1.29 is 23.9 Å². The number of nitrogens with one attached hydrogen (secondary N) is 1. The normalized spacial score (nSPS) is 14.8. The molecule has 1 N–H and O–H groups in total. The predicted octanol–water partition coefficient (Wildman–Crippen LogP) is 5.16. The van der Waals surface area contributed by atoms with Gasteiger partial charge in [0.2, 0.25) is 0 Å². The van der Waals surface area contributed by atoms with Gasteiger partial charge in [0.15, 0.2) is 11.5 Å². The molecule has 0 saturated carbocycles. The Hall–Kier alpha value is -3.66. The summed E-state index contributed by atoms with van der Waals surface area (Å²) in [6, 6.07) is 17.9. The second-order valence-corrected chi connectivity index (χ2v) is 9.22. The number of halogens is 1. The lowest BCUT2D eigenvalue weighted by Crippen LogP contribution is -2.54. The van der Waals surface area contributed by atoms with Crippen LogP contribution in [0.2, 0.25) is 0 Å². The molecule has 1 aliphatic rings. The van der Waals surface area contributed by atoms with E-state index in [1.54, 1.807) is 25.1 Å². The number of methoxy groups -OCH3 is 1. The first kappa shape index (κ1) is 24.5. The number of ether oxygens (including phenoxy) is 2. The monoisotopic (exact) mass is 582 g/mol. The highest BCUT2D eigenvalue weighted by Gasteiger charge is 2.37. The number of amides is 4. The van der Waals surface area contributed by atoms with Crippen molar-refractivity contribution in [2.75, 3.05) is 12.0 Å². The van der Waals surface area contributed by atoms with Gasteiger partial charge in [0.05, 0.1) is 16.4 Å². The van der Waals surface area contributed by atoms with Crippen LogP contribution in [0.3, 0.4) is 0 Å². The molecule has 4 rings (SSSR count). The van der Waals surface area contributed by atoms with Gasteiger partial charge in [0, 0.05) is 0 Å². The molecule has 0 aromatic heterocycles. The molecular weight excluding hydrogens is 559 g/mol. The Morgan fingerprint density at radius 3 is 2.46 bits per heavy atom. The molecule has 4 amide bonds. The maximum absolute atomic E-state index is 13.3. The van der Waals surface area contributed by atoms with Gasteiger partial charge in [0.25, 0.3) is 11.8 Å². The van der Waals surface area contributed by atoms with E-state index in [0.717, 1.165) is 25.2 Å². The molecule has 0 atom stereocenters. The van der Waals surface area contributed by atoms with Crippen molar-refractivity contribution in [2.45, 2.75) is 20.5 Å². The molecular formula is C27H23IN2O5. The first-order valence-corrected chi connectivity index (χ1v) is 11.9. The van der Waals surface area contributed by atoms with Crippen molar-refractivity contribution in [3.05, 3.63) is 92.1 Å². The molecule has 3 aromatic rings. The average molecular weight is 582 g/mol. The summed E-state index contributed by atoms with van der Waals surface area (Å²) in [5.41, 5.74) is 3.48. The zero-order valence-corrected chi connectivity index (χ0v) is 21.6. The van der Waals surface area contributed by atoms with Gasteiger partial charge in [0.1, 0.15) is 12.2 Å². The first-order chi connectivity index (χ1) is 16.8. The third kappa shape index (κ3) is 5.22. The summed E-state index contributed by atoms with van der Waals surface area (Å²) in [6.07, 6.45) is 1.45. The van der Waals surface area contributed by atoms with Crippen molar-refractivity contribution in [1.29, 1.82) is 0 Å². The summed E-state index contributed by atoms with van der Waals surface area (Å²) in [5, 5.41) is 2.27. The number of hydrogen-bond acceptors (Lipinski definition) is 5. The number of benzene rings is 3. The second kappa shape index (κ2) is 10.3. The van der Waals surface area contributed by atoms with Crippen LogP contribution in [-0.2, 0) is 16.2 Å². The van der Waals surface area contributed by atoms with Crippen LogP contribution in [0.25, 0.3) is 6.08 Å². The highest BCUT2D eigenvalue weighted by atomic mass is 127. The van der Waals surface area contributed by atoms with Gasteiger partial charge in [-0.05, 0) is 83.0 Å². The van der Waals surface area contributed by atoms with Crippen LogP contribution >= 0.6 is 22.6 Å². The molecule has 3 aromatic carbocycles. The van der Waals surface area contributed by atoms with Crippen LogP contribution < -0.4 is 19.7 Å². The number of anilines is 1. The number of barbiturate groups is 1. The number of hydrogen-bond donors (Lipinski definition) is 1. The minimum Gasteiger partial charge on any atom is -0.493 e. The average Bonchev–Trinajstić information content (AvgIpc) is 2.83. The number of rotatable bonds is 6. The lowest BCUT2D eigenvalue weighted by Gasteiger charge is -2.27. The van der Waals surface area contributed by atoms with Crippen LogP contribution in [0.15, 0.2) is 66.2 Å². The lowest BCUT2D eigenvalue weighted by molar-refractivity contribution is -0.122. The maximum Gasteiger partial charge on any atom is 0.335 e. The standard InChI is InChI=1S/C27H23IN2O5/c1-16-9-10-17(2)22(11-16)30-26(32)20(25(31)29-27(30)33)12-19-13-21(28)24(23(14-19)34-3)35-15-18-7-5-4-6-8-18/h4-14H,15H2,1-3H3,(H,29,31,33)/b20-12+. The highest BCUT2D eigenvalue weighted by molar-refractivity contribution is 14.1. The number of urea groups is 1. The maximum atomic E-state index is 13.3. The largest absolute Gasteiger partial charge is 0.493 e. The zero-order valence-electron chi connectivity index (χ0n) is 19.4. The van der Waals surface area contributed by atoms with E-state index in [9.17, 15) is 14.4 Å². The molecule has 1 fully saturated rings. The van der Waals surface area contributed by atoms with E-state index in [1.807, 2.05) is 49.4 Å². The Balaban J connectivity index is 1.67. The van der Waals surface area contributed by atoms with Gasteiger partial charge in [-0.1, -0.05) is 42.5 Å². The molecule has 8 heteroatoms. The summed E-state index contributed by atoms with van der Waals surface area (Å²) in [6.45, 7) is 4.03. The number of imide groups is 2. The van der Waals surface area contributed by atoms with Crippen LogP contribution in [0.1, 0.15) is 22.3 Å². The number of nitrogens with zero attached hydrogens (tertiary/aromatic N) is 1. The number of carbonyl (C=O) groups is 3. The molecule has 0 spiro atoms. The lowest BCUT2D eigenvalue weighted by atomic mass is 10.0. The van der Waals surface area contributed by atoms with Gasteiger partial charge < -0.3 is 9.47 Å². The summed E-state index contributed by atoms with van der Waals surface area (Å²) in [5.74, 6) is -0.415. The molecule has 1 saturated heterocycles. The van der Waals surface area contributed by atoms with Crippen molar-refractivity contribution in [2.24, 2.45) is 0 Å². The van der Waals surface area contributed by atoms with E-state index in [2.05, 4.69) is 27.9 Å². The van der Waals surface area contributed by atoms with Crippen LogP contribution in [0, 0.1) is 17.4 Å².